The summed E-state index contributed by atoms with van der Waals surface area (Å²) in [7, 11) is 0. The smallest absolute Gasteiger partial charge is 0.169 e. The van der Waals surface area contributed by atoms with Crippen molar-refractivity contribution >= 4 is 28.4 Å². The van der Waals surface area contributed by atoms with Crippen LogP contribution in [0.5, 0.6) is 0 Å². The number of aliphatic hydroxyl groups is 1. The molecule has 19 heavy (non-hydrogen) atoms. The Morgan fingerprint density at radius 1 is 1.00 bits per heavy atom. The molecule has 0 aliphatic heterocycles. The van der Waals surface area contributed by atoms with Crippen LogP contribution in [0.3, 0.4) is 0 Å². The van der Waals surface area contributed by atoms with E-state index in [-0.39, 0.29) is 5.78 Å². The first-order valence-corrected chi connectivity index (χ1v) is 7.65. The summed E-state index contributed by atoms with van der Waals surface area (Å²) in [6.45, 7) is 0. The first-order valence-electron chi connectivity index (χ1n) is 6.12. The van der Waals surface area contributed by atoms with E-state index in [1.165, 1.54) is 0 Å². The molecule has 2 rings (SSSR count). The molecular formula is C16H15IO2. The van der Waals surface area contributed by atoms with Gasteiger partial charge in [-0.2, -0.15) is 0 Å². The highest BCUT2D eigenvalue weighted by Gasteiger charge is 2.27. The van der Waals surface area contributed by atoms with Crippen LogP contribution in [0, 0.1) is 5.92 Å². The van der Waals surface area contributed by atoms with Gasteiger partial charge in [-0.25, -0.2) is 0 Å². The van der Waals surface area contributed by atoms with Crippen LogP contribution in [0.25, 0.3) is 0 Å². The molecule has 0 aliphatic carbocycles. The lowest BCUT2D eigenvalue weighted by Gasteiger charge is -2.20. The number of hydrogen-bond donors (Lipinski definition) is 1. The molecule has 0 bridgehead atoms. The molecule has 2 nitrogen and oxygen atoms in total. The van der Waals surface area contributed by atoms with Crippen molar-refractivity contribution in [2.75, 3.05) is 4.43 Å². The number of rotatable bonds is 5. The lowest BCUT2D eigenvalue weighted by molar-refractivity contribution is 0.0728. The third-order valence-electron chi connectivity index (χ3n) is 3.08. The van der Waals surface area contributed by atoms with Gasteiger partial charge in [-0.15, -0.1) is 0 Å². The summed E-state index contributed by atoms with van der Waals surface area (Å²) in [4.78, 5) is 12.4. The first-order chi connectivity index (χ1) is 9.24. The molecule has 1 N–H and O–H groups in total. The van der Waals surface area contributed by atoms with Crippen molar-refractivity contribution in [3.63, 3.8) is 0 Å². The van der Waals surface area contributed by atoms with E-state index >= 15 is 0 Å². The average Bonchev–Trinajstić information content (AvgIpc) is 2.49. The predicted molar refractivity (Wildman–Crippen MR) is 84.6 cm³/mol. The Kier molecular flexibility index (Phi) is 5.10. The minimum atomic E-state index is -0.759. The zero-order valence-electron chi connectivity index (χ0n) is 10.4. The molecule has 2 aromatic rings. The van der Waals surface area contributed by atoms with Crippen LogP contribution in [0.15, 0.2) is 60.7 Å². The number of ketones is 1. The van der Waals surface area contributed by atoms with Crippen LogP contribution in [-0.2, 0) is 0 Å². The number of carbonyl (C=O) groups is 1. The van der Waals surface area contributed by atoms with E-state index < -0.39 is 12.0 Å². The Hall–Kier alpha value is -1.20. The number of benzene rings is 2. The van der Waals surface area contributed by atoms with Gasteiger partial charge in [0.05, 0.1) is 12.0 Å². The molecule has 0 spiro atoms. The zero-order valence-corrected chi connectivity index (χ0v) is 12.5. The number of aliphatic hydroxyl groups excluding tert-OH is 1. The summed E-state index contributed by atoms with van der Waals surface area (Å²) in [6, 6.07) is 18.5. The Balaban J connectivity index is 2.23. The van der Waals surface area contributed by atoms with E-state index in [0.717, 1.165) is 5.56 Å². The third-order valence-corrected chi connectivity index (χ3v) is 4.03. The van der Waals surface area contributed by atoms with Crippen molar-refractivity contribution in [2.24, 2.45) is 5.92 Å². The van der Waals surface area contributed by atoms with E-state index in [4.69, 9.17) is 0 Å². The van der Waals surface area contributed by atoms with Crippen LogP contribution in [0.2, 0.25) is 0 Å². The van der Waals surface area contributed by atoms with Crippen LogP contribution < -0.4 is 0 Å². The van der Waals surface area contributed by atoms with Gasteiger partial charge in [0.1, 0.15) is 0 Å². The molecule has 3 heteroatoms. The maximum absolute atomic E-state index is 12.4. The molecule has 0 heterocycles. The molecule has 2 aromatic carbocycles. The summed E-state index contributed by atoms with van der Waals surface area (Å²) in [5.74, 6) is -0.420. The molecule has 0 aromatic heterocycles. The third kappa shape index (κ3) is 3.42. The van der Waals surface area contributed by atoms with Crippen molar-refractivity contribution in [3.05, 3.63) is 71.8 Å². The van der Waals surface area contributed by atoms with Crippen LogP contribution in [0.1, 0.15) is 22.0 Å². The van der Waals surface area contributed by atoms with E-state index in [1.54, 1.807) is 12.1 Å². The van der Waals surface area contributed by atoms with Gasteiger partial charge in [0, 0.05) is 9.99 Å². The molecule has 98 valence electrons. The standard InChI is InChI=1S/C16H15IO2/c17-11-14(15(18)12-7-3-1-4-8-12)16(19)13-9-5-2-6-10-13/h1-10,14-15,18H,11H2/t14-,15+/m1/s1. The molecular weight excluding hydrogens is 351 g/mol. The van der Waals surface area contributed by atoms with Crippen LogP contribution in [-0.4, -0.2) is 15.3 Å². The van der Waals surface area contributed by atoms with Gasteiger partial charge in [-0.3, -0.25) is 4.79 Å². The molecule has 0 radical (unpaired) electrons. The van der Waals surface area contributed by atoms with Crippen molar-refractivity contribution in [3.8, 4) is 0 Å². The van der Waals surface area contributed by atoms with Gasteiger partial charge in [-0.1, -0.05) is 83.3 Å². The van der Waals surface area contributed by atoms with Crippen molar-refractivity contribution in [2.45, 2.75) is 6.10 Å². The predicted octanol–water partition coefficient (Wildman–Crippen LogP) is 3.65. The lowest BCUT2D eigenvalue weighted by atomic mass is 9.90. The number of hydrogen-bond acceptors (Lipinski definition) is 2. The van der Waals surface area contributed by atoms with Gasteiger partial charge in [0.25, 0.3) is 0 Å². The summed E-state index contributed by atoms with van der Waals surface area (Å²) in [6.07, 6.45) is -0.759. The largest absolute Gasteiger partial charge is 0.388 e. The SMILES string of the molecule is O=C(c1ccccc1)[C@H](CI)[C@@H](O)c1ccccc1. The molecule has 0 unspecified atom stereocenters. The van der Waals surface area contributed by atoms with Gasteiger partial charge in [0.2, 0.25) is 0 Å². The monoisotopic (exact) mass is 366 g/mol. The van der Waals surface area contributed by atoms with Gasteiger partial charge in [0.15, 0.2) is 5.78 Å². The van der Waals surface area contributed by atoms with E-state index in [1.807, 2.05) is 48.5 Å². The Labute approximate surface area is 126 Å². The minimum absolute atomic E-state index is 0.00801. The molecule has 0 aliphatic rings. The summed E-state index contributed by atoms with van der Waals surface area (Å²) < 4.78 is 0.585. The van der Waals surface area contributed by atoms with Gasteiger partial charge < -0.3 is 5.11 Å². The molecule has 0 saturated carbocycles. The molecule has 0 amide bonds. The summed E-state index contributed by atoms with van der Waals surface area (Å²) >= 11 is 2.15. The number of Topliss-reactive ketones (excluding diaryl/α,β-unsaturated/α-hetero) is 1. The quantitative estimate of drug-likeness (QED) is 0.498. The Morgan fingerprint density at radius 3 is 2.05 bits per heavy atom. The fraction of sp³-hybridized carbons (Fsp3) is 0.188. The molecule has 0 fully saturated rings. The highest BCUT2D eigenvalue weighted by Crippen LogP contribution is 2.26. The van der Waals surface area contributed by atoms with Crippen molar-refractivity contribution < 1.29 is 9.90 Å². The molecule has 0 saturated heterocycles. The number of carbonyl (C=O) groups excluding carboxylic acids is 1. The van der Waals surface area contributed by atoms with Crippen molar-refractivity contribution in [1.29, 1.82) is 0 Å². The van der Waals surface area contributed by atoms with Gasteiger partial charge >= 0.3 is 0 Å². The van der Waals surface area contributed by atoms with Gasteiger partial charge in [-0.05, 0) is 5.56 Å². The zero-order chi connectivity index (χ0) is 13.7. The second kappa shape index (κ2) is 6.82. The summed E-state index contributed by atoms with van der Waals surface area (Å²) in [5.41, 5.74) is 1.44. The fourth-order valence-electron chi connectivity index (χ4n) is 2.00. The van der Waals surface area contributed by atoms with E-state index in [2.05, 4.69) is 22.6 Å². The van der Waals surface area contributed by atoms with E-state index in [0.29, 0.717) is 9.99 Å². The lowest BCUT2D eigenvalue weighted by Crippen LogP contribution is -2.24. The fourth-order valence-corrected chi connectivity index (χ4v) is 2.88. The second-order valence-electron chi connectivity index (χ2n) is 4.35. The van der Waals surface area contributed by atoms with Crippen LogP contribution >= 0.6 is 22.6 Å². The Bertz CT molecular complexity index is 525. The average molecular weight is 366 g/mol. The van der Waals surface area contributed by atoms with Crippen molar-refractivity contribution in [1.82, 2.24) is 0 Å². The topological polar surface area (TPSA) is 37.3 Å². The highest BCUT2D eigenvalue weighted by atomic mass is 127. The first kappa shape index (κ1) is 14.2. The van der Waals surface area contributed by atoms with E-state index in [9.17, 15) is 9.90 Å². The summed E-state index contributed by atoms with van der Waals surface area (Å²) in [5, 5.41) is 10.4. The molecule has 2 atom stereocenters. The normalized spacial score (nSPS) is 13.8. The highest BCUT2D eigenvalue weighted by molar-refractivity contribution is 14.1. The Morgan fingerprint density at radius 2 is 1.53 bits per heavy atom. The minimum Gasteiger partial charge on any atom is -0.388 e. The number of alkyl halides is 1. The second-order valence-corrected chi connectivity index (χ2v) is 5.23. The number of halogens is 1. The van der Waals surface area contributed by atoms with Crippen LogP contribution in [0.4, 0.5) is 0 Å². The maximum atomic E-state index is 12.4. The maximum Gasteiger partial charge on any atom is 0.169 e.